The molecular formula is C8H10N2O4S2. The van der Waals surface area contributed by atoms with E-state index in [0.29, 0.717) is 10.7 Å². The van der Waals surface area contributed by atoms with Gasteiger partial charge in [-0.2, -0.15) is 0 Å². The smallest absolute Gasteiger partial charge is 0.300 e. The first-order valence-electron chi connectivity index (χ1n) is 4.34. The SMILES string of the molecule is Cc1nc(C2(C)OC=CO2)sc1S(N)(=O)=O. The summed E-state index contributed by atoms with van der Waals surface area (Å²) in [6.45, 7) is 3.23. The molecule has 1 aliphatic rings. The quantitative estimate of drug-likeness (QED) is 0.850. The van der Waals surface area contributed by atoms with E-state index >= 15 is 0 Å². The molecule has 88 valence electrons. The van der Waals surface area contributed by atoms with Gasteiger partial charge in [-0.25, -0.2) is 18.5 Å². The molecule has 1 aliphatic heterocycles. The van der Waals surface area contributed by atoms with Crippen LogP contribution in [0, 0.1) is 6.92 Å². The van der Waals surface area contributed by atoms with Crippen LogP contribution in [0.3, 0.4) is 0 Å². The third-order valence-electron chi connectivity index (χ3n) is 2.04. The van der Waals surface area contributed by atoms with Crippen molar-refractivity contribution in [2.75, 3.05) is 0 Å². The zero-order valence-electron chi connectivity index (χ0n) is 8.63. The summed E-state index contributed by atoms with van der Waals surface area (Å²) in [5.74, 6) is -1.06. The van der Waals surface area contributed by atoms with Gasteiger partial charge in [-0.05, 0) is 6.92 Å². The minimum atomic E-state index is -3.74. The Labute approximate surface area is 96.7 Å². The van der Waals surface area contributed by atoms with Crippen LogP contribution in [0.25, 0.3) is 0 Å². The molecule has 0 aromatic carbocycles. The van der Waals surface area contributed by atoms with Gasteiger partial charge in [-0.15, -0.1) is 0 Å². The van der Waals surface area contributed by atoms with Gasteiger partial charge in [0.2, 0.25) is 10.0 Å². The summed E-state index contributed by atoms with van der Waals surface area (Å²) in [6.07, 6.45) is 2.76. The Kier molecular flexibility index (Phi) is 2.44. The molecule has 8 heteroatoms. The van der Waals surface area contributed by atoms with Gasteiger partial charge in [0.05, 0.1) is 5.69 Å². The van der Waals surface area contributed by atoms with E-state index in [-0.39, 0.29) is 4.21 Å². The number of primary sulfonamides is 1. The van der Waals surface area contributed by atoms with E-state index in [1.807, 2.05) is 0 Å². The van der Waals surface area contributed by atoms with E-state index in [1.54, 1.807) is 13.8 Å². The average molecular weight is 262 g/mol. The molecule has 0 bridgehead atoms. The molecule has 0 atom stereocenters. The molecule has 2 heterocycles. The number of aryl methyl sites for hydroxylation is 1. The lowest BCUT2D eigenvalue weighted by Gasteiger charge is -2.19. The molecule has 0 aliphatic carbocycles. The topological polar surface area (TPSA) is 91.5 Å². The number of thiazole rings is 1. The van der Waals surface area contributed by atoms with Crippen molar-refractivity contribution in [3.8, 4) is 0 Å². The Hall–Kier alpha value is -1.12. The van der Waals surface area contributed by atoms with Crippen molar-refractivity contribution in [2.24, 2.45) is 5.14 Å². The predicted octanol–water partition coefficient (Wildman–Crippen LogP) is 0.790. The number of nitrogens with zero attached hydrogens (tertiary/aromatic N) is 1. The second-order valence-corrected chi connectivity index (χ2v) is 6.15. The maximum atomic E-state index is 11.2. The van der Waals surface area contributed by atoms with Crippen LogP contribution in [-0.4, -0.2) is 13.4 Å². The van der Waals surface area contributed by atoms with E-state index in [0.717, 1.165) is 11.3 Å². The molecule has 0 spiro atoms. The molecule has 0 amide bonds. The van der Waals surface area contributed by atoms with Crippen LogP contribution in [0.2, 0.25) is 0 Å². The van der Waals surface area contributed by atoms with E-state index in [9.17, 15) is 8.42 Å². The predicted molar refractivity (Wildman–Crippen MR) is 56.9 cm³/mol. The summed E-state index contributed by atoms with van der Waals surface area (Å²) in [6, 6.07) is 0. The minimum absolute atomic E-state index is 0.0304. The van der Waals surface area contributed by atoms with Crippen LogP contribution in [-0.2, 0) is 25.3 Å². The summed E-state index contributed by atoms with van der Waals surface area (Å²) >= 11 is 0.948. The number of sulfonamides is 1. The van der Waals surface area contributed by atoms with E-state index in [1.165, 1.54) is 12.5 Å². The van der Waals surface area contributed by atoms with Gasteiger partial charge in [0.1, 0.15) is 12.5 Å². The number of rotatable bonds is 2. The molecule has 1 aromatic rings. The average Bonchev–Trinajstić information content (AvgIpc) is 2.71. The third kappa shape index (κ3) is 1.79. The molecule has 0 radical (unpaired) electrons. The molecule has 16 heavy (non-hydrogen) atoms. The second-order valence-electron chi connectivity index (χ2n) is 3.39. The van der Waals surface area contributed by atoms with Gasteiger partial charge < -0.3 is 9.47 Å². The normalized spacial score (nSPS) is 18.2. The summed E-state index contributed by atoms with van der Waals surface area (Å²) in [4.78, 5) is 4.10. The van der Waals surface area contributed by atoms with Gasteiger partial charge in [-0.1, -0.05) is 11.3 Å². The highest BCUT2D eigenvalue weighted by molar-refractivity contribution is 7.91. The van der Waals surface area contributed by atoms with Gasteiger partial charge in [0.25, 0.3) is 0 Å². The Morgan fingerprint density at radius 2 is 2.00 bits per heavy atom. The van der Waals surface area contributed by atoms with Crippen molar-refractivity contribution in [2.45, 2.75) is 23.8 Å². The van der Waals surface area contributed by atoms with Gasteiger partial charge in [0.15, 0.2) is 9.22 Å². The maximum Gasteiger partial charge on any atom is 0.300 e. The first kappa shape index (κ1) is 11.4. The Bertz CT molecular complexity index is 538. The molecule has 0 saturated heterocycles. The summed E-state index contributed by atoms with van der Waals surface area (Å²) in [5, 5.41) is 5.47. The Morgan fingerprint density at radius 3 is 2.44 bits per heavy atom. The van der Waals surface area contributed by atoms with Crippen molar-refractivity contribution >= 4 is 21.4 Å². The van der Waals surface area contributed by atoms with Crippen LogP contribution in [0.4, 0.5) is 0 Å². The number of nitrogens with two attached hydrogens (primary N) is 1. The monoisotopic (exact) mass is 262 g/mol. The maximum absolute atomic E-state index is 11.2. The van der Waals surface area contributed by atoms with Crippen molar-refractivity contribution < 1.29 is 17.9 Å². The fourth-order valence-electron chi connectivity index (χ4n) is 1.28. The van der Waals surface area contributed by atoms with Crippen molar-refractivity contribution in [3.63, 3.8) is 0 Å². The lowest BCUT2D eigenvalue weighted by molar-refractivity contribution is -0.133. The first-order valence-corrected chi connectivity index (χ1v) is 6.70. The lowest BCUT2D eigenvalue weighted by atomic mass is 10.3. The van der Waals surface area contributed by atoms with Crippen molar-refractivity contribution in [1.82, 2.24) is 4.98 Å². The zero-order chi connectivity index (χ0) is 12.0. The number of hydrogen-bond donors (Lipinski definition) is 1. The molecule has 6 nitrogen and oxygen atoms in total. The van der Waals surface area contributed by atoms with Crippen LogP contribution in [0.5, 0.6) is 0 Å². The zero-order valence-corrected chi connectivity index (χ0v) is 10.3. The lowest BCUT2D eigenvalue weighted by Crippen LogP contribution is -2.21. The molecule has 2 rings (SSSR count). The Balaban J connectivity index is 2.46. The van der Waals surface area contributed by atoms with E-state index in [2.05, 4.69) is 4.98 Å². The van der Waals surface area contributed by atoms with Crippen LogP contribution < -0.4 is 5.14 Å². The molecule has 0 saturated carbocycles. The summed E-state index contributed by atoms with van der Waals surface area (Å²) < 4.78 is 32.9. The highest BCUT2D eigenvalue weighted by Crippen LogP contribution is 2.36. The number of ether oxygens (including phenoxy) is 2. The van der Waals surface area contributed by atoms with Crippen LogP contribution in [0.1, 0.15) is 17.6 Å². The minimum Gasteiger partial charge on any atom is -0.451 e. The Morgan fingerprint density at radius 1 is 1.44 bits per heavy atom. The highest BCUT2D eigenvalue weighted by Gasteiger charge is 2.37. The van der Waals surface area contributed by atoms with Gasteiger partial charge >= 0.3 is 5.79 Å². The van der Waals surface area contributed by atoms with Crippen molar-refractivity contribution in [1.29, 1.82) is 0 Å². The summed E-state index contributed by atoms with van der Waals surface area (Å²) in [5.41, 5.74) is 0.350. The molecule has 0 fully saturated rings. The standard InChI is InChI=1S/C8H10N2O4S2/c1-5-6(16(9,11)12)15-7(10-5)8(2)13-3-4-14-8/h3-4H,1-2H3,(H2,9,11,12). The first-order chi connectivity index (χ1) is 7.33. The highest BCUT2D eigenvalue weighted by atomic mass is 32.2. The summed E-state index contributed by atoms with van der Waals surface area (Å²) in [7, 11) is -3.74. The number of hydrogen-bond acceptors (Lipinski definition) is 6. The van der Waals surface area contributed by atoms with Crippen LogP contribution in [0.15, 0.2) is 16.7 Å². The fourth-order valence-corrected chi connectivity index (χ4v) is 3.28. The molecule has 2 N–H and O–H groups in total. The molecule has 1 aromatic heterocycles. The van der Waals surface area contributed by atoms with Crippen molar-refractivity contribution in [3.05, 3.63) is 23.2 Å². The number of aromatic nitrogens is 1. The third-order valence-corrected chi connectivity index (χ3v) is 4.94. The molecule has 0 unspecified atom stereocenters. The molecular weight excluding hydrogens is 252 g/mol. The largest absolute Gasteiger partial charge is 0.451 e. The van der Waals surface area contributed by atoms with Gasteiger partial charge in [0, 0.05) is 6.92 Å². The second kappa shape index (κ2) is 3.44. The fraction of sp³-hybridized carbons (Fsp3) is 0.375. The van der Waals surface area contributed by atoms with Gasteiger partial charge in [-0.3, -0.25) is 0 Å². The van der Waals surface area contributed by atoms with E-state index < -0.39 is 15.8 Å². The van der Waals surface area contributed by atoms with Crippen LogP contribution >= 0.6 is 11.3 Å². The van der Waals surface area contributed by atoms with E-state index in [4.69, 9.17) is 14.6 Å².